The lowest BCUT2D eigenvalue weighted by atomic mass is 9.99. The van der Waals surface area contributed by atoms with Crippen LogP contribution in [-0.4, -0.2) is 22.1 Å². The molecule has 28 heavy (non-hydrogen) atoms. The second kappa shape index (κ2) is 9.15. The molecule has 2 rings (SSSR count). The molecule has 0 radical (unpaired) electrons. The van der Waals surface area contributed by atoms with E-state index >= 15 is 0 Å². The first-order valence-electron chi connectivity index (χ1n) is 8.21. The van der Waals surface area contributed by atoms with Crippen molar-refractivity contribution in [1.82, 2.24) is 0 Å². The van der Waals surface area contributed by atoms with Crippen molar-refractivity contribution in [3.8, 4) is 17.2 Å². The second-order valence-corrected chi connectivity index (χ2v) is 8.44. The van der Waals surface area contributed by atoms with E-state index < -0.39 is 18.3 Å². The number of rotatable bonds is 6. The molecule has 2 aromatic carbocycles. The largest absolute Gasteiger partial charge is 0.507 e. The molecule has 0 bridgehead atoms. The number of carboxylic acids is 1. The zero-order chi connectivity index (χ0) is 21.2. The van der Waals surface area contributed by atoms with Crippen LogP contribution in [0.1, 0.15) is 37.3 Å². The Hall–Kier alpha value is -1.77. The average molecular weight is 536 g/mol. The minimum atomic E-state index is -1.24. The van der Waals surface area contributed by atoms with Crippen LogP contribution in [0.15, 0.2) is 27.1 Å². The number of aliphatic carboxylic acids is 1. The van der Waals surface area contributed by atoms with Crippen molar-refractivity contribution in [2.24, 2.45) is 0 Å². The number of nitrogens with one attached hydrogen (secondary N) is 1. The Morgan fingerprint density at radius 1 is 1.25 bits per heavy atom. The Balaban J connectivity index is 2.39. The molecule has 0 aliphatic heterocycles. The number of hydrogen-bond donors (Lipinski definition) is 3. The van der Waals surface area contributed by atoms with E-state index in [1.165, 1.54) is 6.07 Å². The summed E-state index contributed by atoms with van der Waals surface area (Å²) in [6.45, 7) is 5.72. The maximum atomic E-state index is 11.7. The monoisotopic (exact) mass is 533 g/mol. The molecular formula is C19H18Br2ClNO5. The molecule has 150 valence electrons. The van der Waals surface area contributed by atoms with Crippen LogP contribution >= 0.6 is 43.5 Å². The molecule has 0 unspecified atom stereocenters. The molecule has 0 aromatic heterocycles. The number of phenolic OH excluding ortho intramolecular Hbond substituents is 1. The fraction of sp³-hybridized carbons (Fsp3) is 0.263. The fourth-order valence-corrected chi connectivity index (χ4v) is 3.95. The van der Waals surface area contributed by atoms with Crippen LogP contribution in [0.5, 0.6) is 17.2 Å². The summed E-state index contributed by atoms with van der Waals surface area (Å²) in [7, 11) is 0. The lowest BCUT2D eigenvalue weighted by molar-refractivity contribution is -0.139. The highest BCUT2D eigenvalue weighted by molar-refractivity contribution is 9.11. The Kier molecular flexibility index (Phi) is 7.36. The van der Waals surface area contributed by atoms with Crippen molar-refractivity contribution in [2.45, 2.75) is 33.1 Å². The quantitative estimate of drug-likeness (QED) is 0.302. The zero-order valence-corrected chi connectivity index (χ0v) is 19.2. The number of carbonyl (C=O) groups excluding carboxylic acids is 1. The average Bonchev–Trinajstić information content (AvgIpc) is 2.58. The van der Waals surface area contributed by atoms with Gasteiger partial charge in [-0.05, 0) is 68.5 Å². The summed E-state index contributed by atoms with van der Waals surface area (Å²) < 4.78 is 6.85. The van der Waals surface area contributed by atoms with Crippen molar-refractivity contribution >= 4 is 61.0 Å². The lowest BCUT2D eigenvalue weighted by Gasteiger charge is -2.17. The Morgan fingerprint density at radius 2 is 1.89 bits per heavy atom. The number of anilines is 1. The molecule has 0 spiro atoms. The molecule has 3 N–H and O–H groups in total. The maximum absolute atomic E-state index is 11.7. The third-order valence-electron chi connectivity index (χ3n) is 3.85. The molecule has 0 saturated heterocycles. The highest BCUT2D eigenvalue weighted by atomic mass is 79.9. The number of carbonyl (C=O) groups is 2. The smallest absolute Gasteiger partial charge is 0.312 e. The SMILES string of the molecule is Cc1cc(Oc2c(Br)cc(NC(=O)CC(=O)O)c(Cl)c2Br)cc(C(C)C)c1O. The van der Waals surface area contributed by atoms with Crippen LogP contribution < -0.4 is 10.1 Å². The highest BCUT2D eigenvalue weighted by Gasteiger charge is 2.19. The van der Waals surface area contributed by atoms with Crippen molar-refractivity contribution in [2.75, 3.05) is 5.32 Å². The fourth-order valence-electron chi connectivity index (χ4n) is 2.48. The van der Waals surface area contributed by atoms with Crippen LogP contribution in [0.3, 0.4) is 0 Å². The van der Waals surface area contributed by atoms with Crippen LogP contribution in [0.2, 0.25) is 5.02 Å². The standard InChI is InChI=1S/C19H18Br2ClNO5/c1-8(2)11-5-10(4-9(3)18(11)27)28-19-12(20)6-13(17(22)16(19)21)23-14(24)7-15(25)26/h4-6,8,27H,7H2,1-3H3,(H,23,24)(H,25,26). The molecule has 2 aromatic rings. The third kappa shape index (κ3) is 5.18. The molecule has 0 atom stereocenters. The number of amides is 1. The van der Waals surface area contributed by atoms with Crippen molar-refractivity contribution < 1.29 is 24.5 Å². The molecule has 9 heteroatoms. The zero-order valence-electron chi connectivity index (χ0n) is 15.3. The number of ether oxygens (including phenoxy) is 1. The van der Waals surface area contributed by atoms with E-state index in [9.17, 15) is 14.7 Å². The molecule has 0 saturated carbocycles. The predicted octanol–water partition coefficient (Wildman–Crippen LogP) is 6.21. The normalized spacial score (nSPS) is 10.8. The van der Waals surface area contributed by atoms with E-state index in [0.717, 1.165) is 5.56 Å². The molecule has 0 aliphatic rings. The van der Waals surface area contributed by atoms with Crippen LogP contribution in [-0.2, 0) is 9.59 Å². The number of aryl methyl sites for hydroxylation is 1. The summed E-state index contributed by atoms with van der Waals surface area (Å²) in [4.78, 5) is 22.4. The summed E-state index contributed by atoms with van der Waals surface area (Å²) in [6.07, 6.45) is -0.672. The van der Waals surface area contributed by atoms with Crippen LogP contribution in [0.25, 0.3) is 0 Å². The maximum Gasteiger partial charge on any atom is 0.312 e. The summed E-state index contributed by atoms with van der Waals surface area (Å²) in [6, 6.07) is 4.98. The van der Waals surface area contributed by atoms with E-state index in [4.69, 9.17) is 21.4 Å². The second-order valence-electron chi connectivity index (χ2n) is 6.42. The number of benzene rings is 2. The molecule has 0 heterocycles. The van der Waals surface area contributed by atoms with E-state index in [1.807, 2.05) is 13.8 Å². The number of halogens is 3. The van der Waals surface area contributed by atoms with Gasteiger partial charge in [-0.25, -0.2) is 0 Å². The van der Waals surface area contributed by atoms with Gasteiger partial charge in [0.2, 0.25) is 5.91 Å². The topological polar surface area (TPSA) is 95.9 Å². The number of phenols is 1. The predicted molar refractivity (Wildman–Crippen MR) is 115 cm³/mol. The number of aromatic hydroxyl groups is 1. The van der Waals surface area contributed by atoms with Gasteiger partial charge >= 0.3 is 5.97 Å². The summed E-state index contributed by atoms with van der Waals surface area (Å²) in [5, 5.41) is 21.5. The van der Waals surface area contributed by atoms with Gasteiger partial charge in [0, 0.05) is 5.56 Å². The summed E-state index contributed by atoms with van der Waals surface area (Å²) in [5.74, 6) is -0.715. The van der Waals surface area contributed by atoms with E-state index in [-0.39, 0.29) is 22.4 Å². The van der Waals surface area contributed by atoms with Gasteiger partial charge in [0.1, 0.15) is 17.9 Å². The van der Waals surface area contributed by atoms with Crippen molar-refractivity contribution in [1.29, 1.82) is 0 Å². The van der Waals surface area contributed by atoms with Gasteiger partial charge in [0.15, 0.2) is 5.75 Å². The lowest BCUT2D eigenvalue weighted by Crippen LogP contribution is -2.16. The molecule has 0 aliphatic carbocycles. The Morgan fingerprint density at radius 3 is 2.46 bits per heavy atom. The first-order chi connectivity index (χ1) is 13.0. The van der Waals surface area contributed by atoms with E-state index in [1.54, 1.807) is 19.1 Å². The van der Waals surface area contributed by atoms with Gasteiger partial charge in [-0.1, -0.05) is 25.4 Å². The summed E-state index contributed by atoms with van der Waals surface area (Å²) in [5.41, 5.74) is 1.67. The van der Waals surface area contributed by atoms with E-state index in [0.29, 0.717) is 26.0 Å². The van der Waals surface area contributed by atoms with E-state index in [2.05, 4.69) is 37.2 Å². The van der Waals surface area contributed by atoms with Gasteiger partial charge in [0.05, 0.1) is 19.7 Å². The van der Waals surface area contributed by atoms with Crippen molar-refractivity contribution in [3.63, 3.8) is 0 Å². The molecular weight excluding hydrogens is 517 g/mol. The van der Waals surface area contributed by atoms with Gasteiger partial charge in [-0.3, -0.25) is 9.59 Å². The Bertz CT molecular complexity index is 947. The minimum Gasteiger partial charge on any atom is -0.507 e. The van der Waals surface area contributed by atoms with Gasteiger partial charge < -0.3 is 20.3 Å². The number of hydrogen-bond acceptors (Lipinski definition) is 4. The molecule has 0 fully saturated rings. The van der Waals surface area contributed by atoms with Gasteiger partial charge in [0.25, 0.3) is 0 Å². The highest BCUT2D eigenvalue weighted by Crippen LogP contribution is 2.46. The molecule has 1 amide bonds. The van der Waals surface area contributed by atoms with Gasteiger partial charge in [-0.15, -0.1) is 0 Å². The Labute approximate surface area is 184 Å². The van der Waals surface area contributed by atoms with Gasteiger partial charge in [-0.2, -0.15) is 0 Å². The first-order valence-corrected chi connectivity index (χ1v) is 10.2. The number of carboxylic acid groups (broad SMARTS) is 1. The summed E-state index contributed by atoms with van der Waals surface area (Å²) >= 11 is 13.0. The first kappa shape index (κ1) is 22.5. The minimum absolute atomic E-state index is 0.101. The van der Waals surface area contributed by atoms with Crippen molar-refractivity contribution in [3.05, 3.63) is 43.3 Å². The van der Waals surface area contributed by atoms with Crippen LogP contribution in [0, 0.1) is 6.92 Å². The van der Waals surface area contributed by atoms with Crippen LogP contribution in [0.4, 0.5) is 5.69 Å². The third-order valence-corrected chi connectivity index (χ3v) is 5.81. The molecule has 6 nitrogen and oxygen atoms in total.